The van der Waals surface area contributed by atoms with Gasteiger partial charge >= 0.3 is 0 Å². The van der Waals surface area contributed by atoms with Crippen LogP contribution >= 0.6 is 0 Å². The van der Waals surface area contributed by atoms with Crippen molar-refractivity contribution >= 4 is 21.9 Å². The number of para-hydroxylation sites is 2. The molecule has 0 atom stereocenters. The summed E-state index contributed by atoms with van der Waals surface area (Å²) in [5.74, 6) is 0. The minimum absolute atomic E-state index is 0. The van der Waals surface area contributed by atoms with Gasteiger partial charge < -0.3 is 4.42 Å². The van der Waals surface area contributed by atoms with Gasteiger partial charge in [0.25, 0.3) is 0 Å². The van der Waals surface area contributed by atoms with E-state index in [4.69, 9.17) is 4.42 Å². The zero-order valence-electron chi connectivity index (χ0n) is 14.5. The fourth-order valence-corrected chi connectivity index (χ4v) is 2.06. The van der Waals surface area contributed by atoms with Crippen LogP contribution in [0.4, 0.5) is 0 Å². The lowest BCUT2D eigenvalue weighted by molar-refractivity contribution is 0.669. The summed E-state index contributed by atoms with van der Waals surface area (Å²) >= 11 is 0. The molecule has 0 saturated carbocycles. The van der Waals surface area contributed by atoms with Crippen molar-refractivity contribution in [2.75, 3.05) is 0 Å². The summed E-state index contributed by atoms with van der Waals surface area (Å²) < 4.78 is 5.65. The number of benzene rings is 3. The Hall–Kier alpha value is -2.54. The standard InChI is InChI=1S/C12H8O.C6H6.2C2H6.4CH4/c1-3-7-11-9(5-1)10-6-2-4-8-12(10)13-11;1-2-4-6-5-3-1;2*1-2;;;;/h1-8H;1-6H;2*1-2H3;4*1H4. The third-order valence-electron chi connectivity index (χ3n) is 2.95. The highest BCUT2D eigenvalue weighted by molar-refractivity contribution is 6.04. The highest BCUT2D eigenvalue weighted by Gasteiger charge is 2.03. The minimum Gasteiger partial charge on any atom is -0.456 e. The van der Waals surface area contributed by atoms with E-state index >= 15 is 0 Å². The number of furan rings is 1. The third-order valence-corrected chi connectivity index (χ3v) is 2.95. The highest BCUT2D eigenvalue weighted by Crippen LogP contribution is 2.27. The number of hydrogen-bond donors (Lipinski definition) is 0. The van der Waals surface area contributed by atoms with Gasteiger partial charge in [-0.2, -0.15) is 0 Å². The first kappa shape index (κ1) is 32.2. The van der Waals surface area contributed by atoms with Crippen LogP contribution < -0.4 is 0 Å². The van der Waals surface area contributed by atoms with Crippen molar-refractivity contribution in [3.63, 3.8) is 0 Å². The van der Waals surface area contributed by atoms with Crippen molar-refractivity contribution in [1.29, 1.82) is 0 Å². The molecular weight excluding hydrogens is 328 g/mol. The monoisotopic (exact) mass is 370 g/mol. The van der Waals surface area contributed by atoms with Crippen LogP contribution in [0.5, 0.6) is 0 Å². The van der Waals surface area contributed by atoms with Crippen LogP contribution in [0.15, 0.2) is 89.3 Å². The van der Waals surface area contributed by atoms with E-state index in [0.29, 0.717) is 0 Å². The molecule has 0 aliphatic rings. The number of rotatable bonds is 0. The Labute approximate surface area is 169 Å². The summed E-state index contributed by atoms with van der Waals surface area (Å²) in [4.78, 5) is 0. The quantitative estimate of drug-likeness (QED) is 0.300. The summed E-state index contributed by atoms with van der Waals surface area (Å²) in [5.41, 5.74) is 1.92. The van der Waals surface area contributed by atoms with Crippen molar-refractivity contribution in [3.05, 3.63) is 84.9 Å². The maximum atomic E-state index is 5.65. The zero-order valence-corrected chi connectivity index (χ0v) is 14.5. The molecule has 0 saturated heterocycles. The van der Waals surface area contributed by atoms with E-state index in [0.717, 1.165) is 11.2 Å². The van der Waals surface area contributed by atoms with Crippen molar-refractivity contribution < 1.29 is 4.42 Å². The van der Waals surface area contributed by atoms with Gasteiger partial charge in [-0.15, -0.1) is 0 Å². The molecule has 0 unspecified atom stereocenters. The molecule has 27 heavy (non-hydrogen) atoms. The van der Waals surface area contributed by atoms with Gasteiger partial charge in [-0.05, 0) is 12.1 Å². The summed E-state index contributed by atoms with van der Waals surface area (Å²) in [7, 11) is 0. The summed E-state index contributed by atoms with van der Waals surface area (Å²) in [6.45, 7) is 8.00. The molecule has 0 aliphatic heterocycles. The van der Waals surface area contributed by atoms with Crippen molar-refractivity contribution in [2.24, 2.45) is 0 Å². The molecule has 1 aromatic heterocycles. The van der Waals surface area contributed by atoms with E-state index < -0.39 is 0 Å². The fraction of sp³-hybridized carbons (Fsp3) is 0.308. The van der Waals surface area contributed by atoms with E-state index in [2.05, 4.69) is 12.1 Å². The van der Waals surface area contributed by atoms with Crippen LogP contribution in [-0.2, 0) is 0 Å². The first-order chi connectivity index (χ1) is 11.4. The first-order valence-electron chi connectivity index (χ1n) is 8.31. The summed E-state index contributed by atoms with van der Waals surface area (Å²) in [5, 5.41) is 2.39. The van der Waals surface area contributed by atoms with Gasteiger partial charge in [-0.1, -0.05) is 130 Å². The van der Waals surface area contributed by atoms with Crippen molar-refractivity contribution in [2.45, 2.75) is 57.4 Å². The maximum Gasteiger partial charge on any atom is 0.135 e. The summed E-state index contributed by atoms with van der Waals surface area (Å²) in [6.07, 6.45) is 0. The largest absolute Gasteiger partial charge is 0.456 e. The van der Waals surface area contributed by atoms with E-state index in [1.165, 1.54) is 10.8 Å². The van der Waals surface area contributed by atoms with Crippen LogP contribution in [0.2, 0.25) is 0 Å². The second-order valence-electron chi connectivity index (χ2n) is 4.25. The molecule has 4 aromatic rings. The van der Waals surface area contributed by atoms with Gasteiger partial charge in [0.15, 0.2) is 0 Å². The Morgan fingerprint density at radius 3 is 0.963 bits per heavy atom. The van der Waals surface area contributed by atoms with Gasteiger partial charge in [-0.3, -0.25) is 0 Å². The van der Waals surface area contributed by atoms with Crippen LogP contribution in [0.1, 0.15) is 57.4 Å². The van der Waals surface area contributed by atoms with E-state index in [1.807, 2.05) is 100 Å². The molecule has 0 spiro atoms. The van der Waals surface area contributed by atoms with Crippen LogP contribution in [0.3, 0.4) is 0 Å². The Bertz CT molecular complexity index is 693. The van der Waals surface area contributed by atoms with Gasteiger partial charge in [0, 0.05) is 10.8 Å². The molecule has 152 valence electrons. The lowest BCUT2D eigenvalue weighted by Crippen LogP contribution is -1.62. The van der Waals surface area contributed by atoms with E-state index in [9.17, 15) is 0 Å². The lowest BCUT2D eigenvalue weighted by Gasteiger charge is -1.85. The summed E-state index contributed by atoms with van der Waals surface area (Å²) in [6, 6.07) is 28.2. The van der Waals surface area contributed by atoms with Crippen LogP contribution in [-0.4, -0.2) is 0 Å². The Balaban J connectivity index is -0.000000165. The third kappa shape index (κ3) is 9.65. The molecule has 0 aliphatic carbocycles. The molecule has 4 rings (SSSR count). The Morgan fingerprint density at radius 2 is 0.667 bits per heavy atom. The molecule has 0 bridgehead atoms. The van der Waals surface area contributed by atoms with Gasteiger partial charge in [-0.25, -0.2) is 0 Å². The predicted molar refractivity (Wildman–Crippen MR) is 130 cm³/mol. The molecule has 1 nitrogen and oxygen atoms in total. The average Bonchev–Trinajstić information content (AvgIpc) is 3.06. The van der Waals surface area contributed by atoms with Gasteiger partial charge in [0.1, 0.15) is 11.2 Å². The number of fused-ring (bicyclic) bond motifs is 3. The Kier molecular flexibility index (Phi) is 23.6. The zero-order chi connectivity index (χ0) is 16.9. The molecule has 1 heteroatoms. The molecule has 1 heterocycles. The molecule has 0 N–H and O–H groups in total. The van der Waals surface area contributed by atoms with Crippen LogP contribution in [0, 0.1) is 0 Å². The molecular formula is C26H42O. The average molecular weight is 371 g/mol. The van der Waals surface area contributed by atoms with Crippen molar-refractivity contribution in [1.82, 2.24) is 0 Å². The normalized spacial score (nSPS) is 7.56. The minimum atomic E-state index is 0. The number of hydrogen-bond acceptors (Lipinski definition) is 1. The Morgan fingerprint density at radius 1 is 0.407 bits per heavy atom. The second kappa shape index (κ2) is 19.8. The SMILES string of the molecule is C.C.C.C.CC.CC.c1ccc2c(c1)oc1ccccc12.c1ccccc1. The van der Waals surface area contributed by atoms with E-state index in [1.54, 1.807) is 0 Å². The second-order valence-corrected chi connectivity index (χ2v) is 4.25. The lowest BCUT2D eigenvalue weighted by atomic mass is 10.2. The highest BCUT2D eigenvalue weighted by atomic mass is 16.3. The predicted octanol–water partition coefficient (Wildman–Crippen LogP) is 9.87. The molecule has 3 aromatic carbocycles. The maximum absolute atomic E-state index is 5.65. The van der Waals surface area contributed by atoms with Crippen molar-refractivity contribution in [3.8, 4) is 0 Å². The van der Waals surface area contributed by atoms with E-state index in [-0.39, 0.29) is 29.7 Å². The van der Waals surface area contributed by atoms with Gasteiger partial charge in [0.05, 0.1) is 0 Å². The smallest absolute Gasteiger partial charge is 0.135 e. The molecule has 0 fully saturated rings. The van der Waals surface area contributed by atoms with Crippen LogP contribution in [0.25, 0.3) is 21.9 Å². The molecule has 0 amide bonds. The van der Waals surface area contributed by atoms with Gasteiger partial charge in [0.2, 0.25) is 0 Å². The molecule has 0 radical (unpaired) electrons. The first-order valence-corrected chi connectivity index (χ1v) is 8.31. The fourth-order valence-electron chi connectivity index (χ4n) is 2.06. The topological polar surface area (TPSA) is 13.1 Å².